The largest absolute Gasteiger partial charge is 0.507 e. The highest BCUT2D eigenvalue weighted by Gasteiger charge is 2.16. The van der Waals surface area contributed by atoms with E-state index in [0.29, 0.717) is 11.1 Å². The predicted molar refractivity (Wildman–Crippen MR) is 54.6 cm³/mol. The molecule has 14 heavy (non-hydrogen) atoms. The highest BCUT2D eigenvalue weighted by Crippen LogP contribution is 2.30. The minimum Gasteiger partial charge on any atom is -0.507 e. The van der Waals surface area contributed by atoms with Gasteiger partial charge in [-0.3, -0.25) is 0 Å². The monoisotopic (exact) mass is 197 g/mol. The van der Waals surface area contributed by atoms with Crippen molar-refractivity contribution in [1.29, 1.82) is 0 Å². The molecule has 2 nitrogen and oxygen atoms in total. The van der Waals surface area contributed by atoms with Crippen molar-refractivity contribution in [3.63, 3.8) is 0 Å². The molecule has 1 atom stereocenters. The lowest BCUT2D eigenvalue weighted by atomic mass is 9.94. The summed E-state index contributed by atoms with van der Waals surface area (Å²) in [4.78, 5) is 0. The average molecular weight is 197 g/mol. The fourth-order valence-electron chi connectivity index (χ4n) is 1.37. The molecule has 0 saturated carbocycles. The Labute approximate surface area is 83.6 Å². The van der Waals surface area contributed by atoms with E-state index in [9.17, 15) is 9.50 Å². The van der Waals surface area contributed by atoms with Crippen LogP contribution in [0.2, 0.25) is 0 Å². The Morgan fingerprint density at radius 2 is 1.93 bits per heavy atom. The van der Waals surface area contributed by atoms with Gasteiger partial charge in [0.25, 0.3) is 0 Å². The molecule has 3 N–H and O–H groups in total. The van der Waals surface area contributed by atoms with Crippen molar-refractivity contribution in [3.8, 4) is 5.75 Å². The molecule has 0 fully saturated rings. The number of phenolic OH excluding ortho intramolecular Hbond substituents is 1. The second kappa shape index (κ2) is 3.96. The molecule has 0 saturated heterocycles. The van der Waals surface area contributed by atoms with Crippen LogP contribution in [0.3, 0.4) is 0 Å². The van der Waals surface area contributed by atoms with Gasteiger partial charge in [0.15, 0.2) is 0 Å². The molecule has 0 radical (unpaired) electrons. The van der Waals surface area contributed by atoms with Gasteiger partial charge >= 0.3 is 0 Å². The van der Waals surface area contributed by atoms with Gasteiger partial charge in [0.2, 0.25) is 0 Å². The zero-order valence-electron chi connectivity index (χ0n) is 8.71. The highest BCUT2D eigenvalue weighted by molar-refractivity contribution is 5.41. The molecule has 1 rings (SSSR count). The van der Waals surface area contributed by atoms with Gasteiger partial charge in [0.05, 0.1) is 0 Å². The van der Waals surface area contributed by atoms with Gasteiger partial charge in [-0.15, -0.1) is 0 Å². The van der Waals surface area contributed by atoms with E-state index in [1.165, 1.54) is 12.1 Å². The van der Waals surface area contributed by atoms with Crippen LogP contribution in [0.1, 0.15) is 31.0 Å². The Bertz CT molecular complexity index is 336. The summed E-state index contributed by atoms with van der Waals surface area (Å²) in [7, 11) is 0. The van der Waals surface area contributed by atoms with Crippen LogP contribution < -0.4 is 5.73 Å². The van der Waals surface area contributed by atoms with E-state index in [4.69, 9.17) is 5.73 Å². The first-order valence-corrected chi connectivity index (χ1v) is 4.68. The van der Waals surface area contributed by atoms with Crippen LogP contribution in [-0.4, -0.2) is 5.11 Å². The Balaban J connectivity index is 3.20. The van der Waals surface area contributed by atoms with Crippen LogP contribution >= 0.6 is 0 Å². The van der Waals surface area contributed by atoms with E-state index < -0.39 is 0 Å². The zero-order valence-corrected chi connectivity index (χ0v) is 8.71. The Kier molecular flexibility index (Phi) is 3.11. The van der Waals surface area contributed by atoms with E-state index in [-0.39, 0.29) is 23.5 Å². The molecule has 0 heterocycles. The summed E-state index contributed by atoms with van der Waals surface area (Å²) in [6, 6.07) is 2.27. The second-order valence-electron chi connectivity index (χ2n) is 3.93. The summed E-state index contributed by atoms with van der Waals surface area (Å²) in [5.74, 6) is -0.0823. The van der Waals surface area contributed by atoms with Gasteiger partial charge in [-0.2, -0.15) is 0 Å². The number of phenols is 1. The SMILES string of the molecule is Cc1cc(F)cc(C(N)C(C)C)c1O. The van der Waals surface area contributed by atoms with E-state index in [0.717, 1.165) is 0 Å². The van der Waals surface area contributed by atoms with E-state index >= 15 is 0 Å². The molecule has 1 aromatic carbocycles. The summed E-state index contributed by atoms with van der Waals surface area (Å²) in [6.45, 7) is 5.53. The highest BCUT2D eigenvalue weighted by atomic mass is 19.1. The van der Waals surface area contributed by atoms with Crippen molar-refractivity contribution >= 4 is 0 Å². The predicted octanol–water partition coefficient (Wildman–Crippen LogP) is 2.50. The van der Waals surface area contributed by atoms with Crippen molar-refractivity contribution in [2.75, 3.05) is 0 Å². The van der Waals surface area contributed by atoms with Crippen LogP contribution in [-0.2, 0) is 0 Å². The summed E-state index contributed by atoms with van der Waals surface area (Å²) in [5.41, 5.74) is 6.86. The standard InChI is InChI=1S/C11H16FNO/c1-6(2)10(13)9-5-8(12)4-7(3)11(9)14/h4-6,10,14H,13H2,1-3H3. The smallest absolute Gasteiger partial charge is 0.124 e. The number of rotatable bonds is 2. The molecule has 0 bridgehead atoms. The van der Waals surface area contributed by atoms with Gasteiger partial charge in [0, 0.05) is 11.6 Å². The molecule has 78 valence electrons. The van der Waals surface area contributed by atoms with Crippen LogP contribution in [0.4, 0.5) is 4.39 Å². The zero-order chi connectivity index (χ0) is 10.9. The number of hydrogen-bond acceptors (Lipinski definition) is 2. The molecule has 0 aliphatic heterocycles. The molecular weight excluding hydrogens is 181 g/mol. The summed E-state index contributed by atoms with van der Waals surface area (Å²) < 4.78 is 13.1. The Morgan fingerprint density at radius 1 is 1.36 bits per heavy atom. The maximum Gasteiger partial charge on any atom is 0.124 e. The summed E-state index contributed by atoms with van der Waals surface area (Å²) in [5, 5.41) is 9.69. The normalized spacial score (nSPS) is 13.3. The van der Waals surface area contributed by atoms with Gasteiger partial charge < -0.3 is 10.8 Å². The van der Waals surface area contributed by atoms with Crippen LogP contribution in [0.25, 0.3) is 0 Å². The fourth-order valence-corrected chi connectivity index (χ4v) is 1.37. The maximum atomic E-state index is 13.1. The first-order chi connectivity index (χ1) is 6.43. The van der Waals surface area contributed by atoms with Crippen molar-refractivity contribution in [1.82, 2.24) is 0 Å². The third kappa shape index (κ3) is 2.04. The molecule has 0 aromatic heterocycles. The maximum absolute atomic E-state index is 13.1. The second-order valence-corrected chi connectivity index (χ2v) is 3.93. The number of benzene rings is 1. The fraction of sp³-hybridized carbons (Fsp3) is 0.455. The van der Waals surface area contributed by atoms with E-state index in [2.05, 4.69) is 0 Å². The van der Waals surface area contributed by atoms with Crippen molar-refractivity contribution in [3.05, 3.63) is 29.1 Å². The molecule has 1 unspecified atom stereocenters. The molecule has 1 aromatic rings. The molecule has 0 amide bonds. The van der Waals surface area contributed by atoms with Crippen LogP contribution in [0.15, 0.2) is 12.1 Å². The molecular formula is C11H16FNO. The number of aromatic hydroxyl groups is 1. The van der Waals surface area contributed by atoms with E-state index in [1.807, 2.05) is 13.8 Å². The first kappa shape index (κ1) is 11.0. The van der Waals surface area contributed by atoms with Crippen molar-refractivity contribution in [2.24, 2.45) is 11.7 Å². The molecule has 3 heteroatoms. The van der Waals surface area contributed by atoms with Gasteiger partial charge in [-0.25, -0.2) is 4.39 Å². The minimum absolute atomic E-state index is 0.104. The first-order valence-electron chi connectivity index (χ1n) is 4.68. The molecule has 0 aliphatic carbocycles. The van der Waals surface area contributed by atoms with Crippen molar-refractivity contribution in [2.45, 2.75) is 26.8 Å². The average Bonchev–Trinajstić information content (AvgIpc) is 2.09. The number of halogens is 1. The minimum atomic E-state index is -0.355. The van der Waals surface area contributed by atoms with Gasteiger partial charge in [-0.1, -0.05) is 13.8 Å². The van der Waals surface area contributed by atoms with Crippen molar-refractivity contribution < 1.29 is 9.50 Å². The van der Waals surface area contributed by atoms with E-state index in [1.54, 1.807) is 6.92 Å². The molecule has 0 spiro atoms. The number of nitrogens with two attached hydrogens (primary N) is 1. The summed E-state index contributed by atoms with van der Waals surface area (Å²) in [6.07, 6.45) is 0. The summed E-state index contributed by atoms with van der Waals surface area (Å²) >= 11 is 0. The molecule has 0 aliphatic rings. The lowest BCUT2D eigenvalue weighted by Gasteiger charge is -2.18. The Morgan fingerprint density at radius 3 is 2.43 bits per heavy atom. The lowest BCUT2D eigenvalue weighted by Crippen LogP contribution is -2.17. The van der Waals surface area contributed by atoms with Gasteiger partial charge in [-0.05, 0) is 30.5 Å². The lowest BCUT2D eigenvalue weighted by molar-refractivity contribution is 0.433. The van der Waals surface area contributed by atoms with Crippen LogP contribution in [0, 0.1) is 18.7 Å². The Hall–Kier alpha value is -1.09. The quantitative estimate of drug-likeness (QED) is 0.765. The number of aryl methyl sites for hydroxylation is 1. The van der Waals surface area contributed by atoms with Gasteiger partial charge in [0.1, 0.15) is 11.6 Å². The third-order valence-corrected chi connectivity index (χ3v) is 2.37. The van der Waals surface area contributed by atoms with Crippen LogP contribution in [0.5, 0.6) is 5.75 Å². The third-order valence-electron chi connectivity index (χ3n) is 2.37. The number of hydrogen-bond donors (Lipinski definition) is 2. The topological polar surface area (TPSA) is 46.2 Å².